The molecular formula is C15H19N3O. The van der Waals surface area contributed by atoms with Crippen LogP contribution < -0.4 is 10.5 Å². The van der Waals surface area contributed by atoms with E-state index in [1.807, 2.05) is 43.7 Å². The summed E-state index contributed by atoms with van der Waals surface area (Å²) in [5, 5.41) is 0. The summed E-state index contributed by atoms with van der Waals surface area (Å²) in [6, 6.07) is 8.07. The minimum atomic E-state index is 0.0282. The van der Waals surface area contributed by atoms with Crippen LogP contribution in [0.1, 0.15) is 43.2 Å². The molecule has 0 aliphatic carbocycles. The van der Waals surface area contributed by atoms with Gasteiger partial charge in [0.05, 0.1) is 18.2 Å². The van der Waals surface area contributed by atoms with Crippen LogP contribution >= 0.6 is 0 Å². The number of fused-ring (bicyclic) bond motifs is 1. The lowest BCUT2D eigenvalue weighted by molar-refractivity contribution is 0.164. The standard InChI is InChI=1S/C15H19N3O/c1-11(16)12-4-2-5-13(8-12)19-15-6-3-7-18-10-17-9-14(15)18/h2,4-5,8-11,15H,3,6-7,16H2,1H3. The third-order valence-electron chi connectivity index (χ3n) is 3.60. The summed E-state index contributed by atoms with van der Waals surface area (Å²) >= 11 is 0. The van der Waals surface area contributed by atoms with Gasteiger partial charge in [-0.1, -0.05) is 12.1 Å². The maximum absolute atomic E-state index is 6.11. The highest BCUT2D eigenvalue weighted by Gasteiger charge is 2.22. The van der Waals surface area contributed by atoms with E-state index in [1.54, 1.807) is 0 Å². The Hall–Kier alpha value is -1.81. The first-order chi connectivity index (χ1) is 9.24. The summed E-state index contributed by atoms with van der Waals surface area (Å²) in [6.45, 7) is 3.02. The number of hydrogen-bond acceptors (Lipinski definition) is 3. The number of nitrogens with two attached hydrogens (primary N) is 1. The van der Waals surface area contributed by atoms with Crippen molar-refractivity contribution in [3.8, 4) is 5.75 Å². The van der Waals surface area contributed by atoms with Crippen LogP contribution in [0.4, 0.5) is 0 Å². The third-order valence-corrected chi connectivity index (χ3v) is 3.60. The van der Waals surface area contributed by atoms with E-state index in [-0.39, 0.29) is 12.1 Å². The molecule has 0 amide bonds. The predicted molar refractivity (Wildman–Crippen MR) is 73.9 cm³/mol. The second-order valence-corrected chi connectivity index (χ2v) is 5.12. The first-order valence-corrected chi connectivity index (χ1v) is 6.76. The second-order valence-electron chi connectivity index (χ2n) is 5.12. The van der Waals surface area contributed by atoms with Gasteiger partial charge in [0.25, 0.3) is 0 Å². The molecule has 0 saturated heterocycles. The number of aryl methyl sites for hydroxylation is 1. The van der Waals surface area contributed by atoms with Gasteiger partial charge in [-0.25, -0.2) is 4.98 Å². The van der Waals surface area contributed by atoms with Crippen molar-refractivity contribution in [3.63, 3.8) is 0 Å². The van der Waals surface area contributed by atoms with Gasteiger partial charge in [-0.3, -0.25) is 0 Å². The Balaban J connectivity index is 1.81. The Labute approximate surface area is 113 Å². The molecule has 2 heterocycles. The van der Waals surface area contributed by atoms with Gasteiger partial charge in [0.2, 0.25) is 0 Å². The molecule has 4 heteroatoms. The van der Waals surface area contributed by atoms with Gasteiger partial charge in [0.15, 0.2) is 0 Å². The SMILES string of the molecule is CC(N)c1cccc(OC2CCCn3cncc32)c1. The van der Waals surface area contributed by atoms with Gasteiger partial charge in [0.1, 0.15) is 11.9 Å². The molecule has 4 nitrogen and oxygen atoms in total. The second kappa shape index (κ2) is 5.05. The molecule has 2 atom stereocenters. The molecule has 0 fully saturated rings. The maximum atomic E-state index is 6.11. The topological polar surface area (TPSA) is 53.1 Å². The zero-order chi connectivity index (χ0) is 13.2. The predicted octanol–water partition coefficient (Wildman–Crippen LogP) is 2.82. The van der Waals surface area contributed by atoms with E-state index in [0.29, 0.717) is 0 Å². The van der Waals surface area contributed by atoms with Crippen molar-refractivity contribution in [3.05, 3.63) is 48.0 Å². The van der Waals surface area contributed by atoms with Gasteiger partial charge in [0, 0.05) is 12.6 Å². The van der Waals surface area contributed by atoms with Crippen molar-refractivity contribution >= 4 is 0 Å². The van der Waals surface area contributed by atoms with Crippen molar-refractivity contribution in [1.82, 2.24) is 9.55 Å². The Kier molecular flexibility index (Phi) is 3.25. The van der Waals surface area contributed by atoms with E-state index < -0.39 is 0 Å². The van der Waals surface area contributed by atoms with Crippen LogP contribution in [0.25, 0.3) is 0 Å². The zero-order valence-corrected chi connectivity index (χ0v) is 11.1. The minimum absolute atomic E-state index is 0.0282. The molecule has 0 saturated carbocycles. The third kappa shape index (κ3) is 2.49. The summed E-state index contributed by atoms with van der Waals surface area (Å²) in [5.41, 5.74) is 8.17. The largest absolute Gasteiger partial charge is 0.484 e. The first-order valence-electron chi connectivity index (χ1n) is 6.76. The van der Waals surface area contributed by atoms with Gasteiger partial charge in [-0.2, -0.15) is 0 Å². The monoisotopic (exact) mass is 257 g/mol. The van der Waals surface area contributed by atoms with Crippen LogP contribution in [0.5, 0.6) is 5.75 Å². The number of aromatic nitrogens is 2. The lowest BCUT2D eigenvalue weighted by Gasteiger charge is -2.25. The average Bonchev–Trinajstić information content (AvgIpc) is 2.88. The van der Waals surface area contributed by atoms with Gasteiger partial charge in [-0.15, -0.1) is 0 Å². The molecule has 1 aromatic carbocycles. The molecule has 2 unspecified atom stereocenters. The Bertz CT molecular complexity index is 562. The van der Waals surface area contributed by atoms with E-state index in [9.17, 15) is 0 Å². The van der Waals surface area contributed by atoms with Gasteiger partial charge >= 0.3 is 0 Å². The lowest BCUT2D eigenvalue weighted by Crippen LogP contribution is -2.19. The van der Waals surface area contributed by atoms with Crippen LogP contribution in [-0.4, -0.2) is 9.55 Å². The average molecular weight is 257 g/mol. The summed E-state index contributed by atoms with van der Waals surface area (Å²) in [5.74, 6) is 0.884. The van der Waals surface area contributed by atoms with E-state index >= 15 is 0 Å². The van der Waals surface area contributed by atoms with E-state index in [4.69, 9.17) is 10.5 Å². The Morgan fingerprint density at radius 3 is 3.21 bits per heavy atom. The Morgan fingerprint density at radius 1 is 1.47 bits per heavy atom. The van der Waals surface area contributed by atoms with Gasteiger partial charge < -0.3 is 15.0 Å². The Morgan fingerprint density at radius 2 is 2.37 bits per heavy atom. The highest BCUT2D eigenvalue weighted by Crippen LogP contribution is 2.30. The van der Waals surface area contributed by atoms with Crippen LogP contribution in [-0.2, 0) is 6.54 Å². The molecule has 3 rings (SSSR count). The van der Waals surface area contributed by atoms with Crippen molar-refractivity contribution in [2.24, 2.45) is 5.73 Å². The fourth-order valence-electron chi connectivity index (χ4n) is 2.54. The van der Waals surface area contributed by atoms with Crippen molar-refractivity contribution < 1.29 is 4.74 Å². The summed E-state index contributed by atoms with van der Waals surface area (Å²) in [6.07, 6.45) is 6.04. The number of ether oxygens (including phenoxy) is 1. The zero-order valence-electron chi connectivity index (χ0n) is 11.1. The number of rotatable bonds is 3. The number of benzene rings is 1. The molecule has 2 aromatic rings. The molecule has 100 valence electrons. The highest BCUT2D eigenvalue weighted by molar-refractivity contribution is 5.30. The molecule has 1 aliphatic heterocycles. The van der Waals surface area contributed by atoms with Crippen LogP contribution in [0, 0.1) is 0 Å². The van der Waals surface area contributed by atoms with Crippen molar-refractivity contribution in [2.75, 3.05) is 0 Å². The van der Waals surface area contributed by atoms with Crippen LogP contribution in [0.15, 0.2) is 36.8 Å². The quantitative estimate of drug-likeness (QED) is 0.920. The van der Waals surface area contributed by atoms with E-state index in [1.165, 1.54) is 0 Å². The summed E-state index contributed by atoms with van der Waals surface area (Å²) < 4.78 is 8.28. The number of hydrogen-bond donors (Lipinski definition) is 1. The molecule has 1 aromatic heterocycles. The highest BCUT2D eigenvalue weighted by atomic mass is 16.5. The van der Waals surface area contributed by atoms with Crippen LogP contribution in [0.3, 0.4) is 0 Å². The summed E-state index contributed by atoms with van der Waals surface area (Å²) in [7, 11) is 0. The molecule has 2 N–H and O–H groups in total. The molecule has 1 aliphatic rings. The lowest BCUT2D eigenvalue weighted by atomic mass is 10.1. The molecule has 19 heavy (non-hydrogen) atoms. The summed E-state index contributed by atoms with van der Waals surface area (Å²) in [4.78, 5) is 4.20. The van der Waals surface area contributed by atoms with Crippen LogP contribution in [0.2, 0.25) is 0 Å². The number of nitrogens with zero attached hydrogens (tertiary/aromatic N) is 2. The maximum Gasteiger partial charge on any atom is 0.140 e. The molecule has 0 spiro atoms. The molecular weight excluding hydrogens is 238 g/mol. The first kappa shape index (κ1) is 12.2. The fraction of sp³-hybridized carbons (Fsp3) is 0.400. The molecule has 0 radical (unpaired) electrons. The number of imidazole rings is 1. The van der Waals surface area contributed by atoms with E-state index in [0.717, 1.165) is 36.4 Å². The minimum Gasteiger partial charge on any atom is -0.484 e. The van der Waals surface area contributed by atoms with Gasteiger partial charge in [-0.05, 0) is 37.5 Å². The molecule has 0 bridgehead atoms. The normalized spacial score (nSPS) is 19.8. The van der Waals surface area contributed by atoms with Crippen molar-refractivity contribution in [2.45, 2.75) is 38.5 Å². The smallest absolute Gasteiger partial charge is 0.140 e. The fourth-order valence-corrected chi connectivity index (χ4v) is 2.54. The van der Waals surface area contributed by atoms with Crippen molar-refractivity contribution in [1.29, 1.82) is 0 Å². The van der Waals surface area contributed by atoms with E-state index in [2.05, 4.69) is 9.55 Å².